The van der Waals surface area contributed by atoms with E-state index >= 15 is 0 Å². The van der Waals surface area contributed by atoms with E-state index in [4.69, 9.17) is 4.74 Å². The van der Waals surface area contributed by atoms with Crippen molar-refractivity contribution >= 4 is 22.5 Å². The van der Waals surface area contributed by atoms with E-state index in [0.29, 0.717) is 18.2 Å². The Bertz CT molecular complexity index is 1350. The molecule has 1 aromatic carbocycles. The molecule has 0 radical (unpaired) electrons. The number of rotatable bonds is 8. The molecule has 8 nitrogen and oxygen atoms in total. The lowest BCUT2D eigenvalue weighted by atomic mass is 9.98. The standard InChI is InChI=1S/C28H32F2N6O2/c1-18(34-26(37)27(2,29)30)25(19-4-7-24(32-15-19)28(17-31)10-11-28)36-23-6-5-21(14-20(23)16-33-36)35-12-8-22(38-3)9-13-35/h4-7,14-16,18,22,25H,8-13H2,1-3H3,(H,34,37)/t18-,25-/m0/s1. The second-order valence-corrected chi connectivity index (χ2v) is 10.5. The van der Waals surface area contributed by atoms with Gasteiger partial charge in [0.2, 0.25) is 0 Å². The van der Waals surface area contributed by atoms with Gasteiger partial charge < -0.3 is 15.0 Å². The van der Waals surface area contributed by atoms with Gasteiger partial charge in [-0.2, -0.15) is 19.1 Å². The lowest BCUT2D eigenvalue weighted by molar-refractivity contribution is -0.143. The van der Waals surface area contributed by atoms with Gasteiger partial charge in [-0.3, -0.25) is 14.5 Å². The Morgan fingerprint density at radius 3 is 2.55 bits per heavy atom. The Morgan fingerprint density at radius 2 is 1.97 bits per heavy atom. The number of aromatic nitrogens is 3. The molecule has 1 aliphatic carbocycles. The van der Waals surface area contributed by atoms with E-state index in [2.05, 4.69) is 32.4 Å². The topological polar surface area (TPSA) is 96.1 Å². The van der Waals surface area contributed by atoms with Gasteiger partial charge in [0.15, 0.2) is 0 Å². The smallest absolute Gasteiger partial charge is 0.321 e. The molecule has 0 bridgehead atoms. The van der Waals surface area contributed by atoms with Crippen LogP contribution in [0.3, 0.4) is 0 Å². The quantitative estimate of drug-likeness (QED) is 0.473. The van der Waals surface area contributed by atoms with Gasteiger partial charge in [-0.25, -0.2) is 0 Å². The predicted molar refractivity (Wildman–Crippen MR) is 139 cm³/mol. The van der Waals surface area contributed by atoms with Crippen LogP contribution in [-0.2, 0) is 14.9 Å². The SMILES string of the molecule is COC1CCN(c2ccc3c(cnn3[C@H](c3ccc(C4(C#N)CC4)nc3)[C@H](C)NC(=O)C(C)(F)F)c2)CC1. The Kier molecular flexibility index (Phi) is 6.82. The van der Waals surface area contributed by atoms with Crippen molar-refractivity contribution in [2.45, 2.75) is 69.1 Å². The van der Waals surface area contributed by atoms with Crippen molar-refractivity contribution in [1.29, 1.82) is 5.26 Å². The molecule has 3 aromatic rings. The molecule has 2 atom stereocenters. The second-order valence-electron chi connectivity index (χ2n) is 10.5. The van der Waals surface area contributed by atoms with Crippen LogP contribution in [0.25, 0.3) is 10.9 Å². The summed E-state index contributed by atoms with van der Waals surface area (Å²) in [4.78, 5) is 19.1. The van der Waals surface area contributed by atoms with Crippen LogP contribution in [0.15, 0.2) is 42.7 Å². The molecule has 2 aliphatic rings. The molecule has 1 aliphatic heterocycles. The molecule has 1 amide bonds. The number of anilines is 1. The molecular weight excluding hydrogens is 490 g/mol. The van der Waals surface area contributed by atoms with Crippen molar-refractivity contribution in [2.75, 3.05) is 25.1 Å². The highest BCUT2D eigenvalue weighted by molar-refractivity contribution is 5.84. The van der Waals surface area contributed by atoms with Crippen LogP contribution in [0, 0.1) is 11.3 Å². The zero-order chi connectivity index (χ0) is 27.1. The van der Waals surface area contributed by atoms with E-state index in [1.165, 1.54) is 0 Å². The summed E-state index contributed by atoms with van der Waals surface area (Å²) >= 11 is 0. The number of carbonyl (C=O) groups is 1. The predicted octanol–water partition coefficient (Wildman–Crippen LogP) is 4.35. The van der Waals surface area contributed by atoms with Crippen LogP contribution in [0.1, 0.15) is 56.8 Å². The van der Waals surface area contributed by atoms with E-state index in [0.717, 1.165) is 55.4 Å². The average molecular weight is 523 g/mol. The number of nitriles is 1. The lowest BCUT2D eigenvalue weighted by Crippen LogP contribution is -2.46. The number of alkyl halides is 2. The van der Waals surface area contributed by atoms with Gasteiger partial charge in [-0.05, 0) is 62.4 Å². The van der Waals surface area contributed by atoms with E-state index in [9.17, 15) is 18.8 Å². The number of fused-ring (bicyclic) bond motifs is 1. The number of carbonyl (C=O) groups excluding carboxylic acids is 1. The summed E-state index contributed by atoms with van der Waals surface area (Å²) in [5.74, 6) is -4.86. The summed E-state index contributed by atoms with van der Waals surface area (Å²) in [5, 5.41) is 17.5. The van der Waals surface area contributed by atoms with E-state index in [-0.39, 0.29) is 6.10 Å². The maximum Gasteiger partial charge on any atom is 0.321 e. The Labute approximate surface area is 220 Å². The fourth-order valence-electron chi connectivity index (χ4n) is 5.28. The van der Waals surface area contributed by atoms with Crippen molar-refractivity contribution < 1.29 is 18.3 Å². The van der Waals surface area contributed by atoms with Crippen molar-refractivity contribution in [3.05, 3.63) is 54.0 Å². The average Bonchev–Trinajstić information content (AvgIpc) is 3.62. The summed E-state index contributed by atoms with van der Waals surface area (Å²) < 4.78 is 34.7. The van der Waals surface area contributed by atoms with Gasteiger partial charge in [0, 0.05) is 44.4 Å². The number of hydrogen-bond acceptors (Lipinski definition) is 6. The molecule has 10 heteroatoms. The van der Waals surface area contributed by atoms with Crippen LogP contribution in [0.2, 0.25) is 0 Å². The lowest BCUT2D eigenvalue weighted by Gasteiger charge is -2.33. The largest absolute Gasteiger partial charge is 0.381 e. The minimum absolute atomic E-state index is 0.286. The molecular formula is C28H32F2N6O2. The molecule has 0 unspecified atom stereocenters. The number of benzene rings is 1. The zero-order valence-electron chi connectivity index (χ0n) is 21.8. The van der Waals surface area contributed by atoms with Crippen molar-refractivity contribution in [3.63, 3.8) is 0 Å². The minimum Gasteiger partial charge on any atom is -0.381 e. The number of nitrogens with one attached hydrogen (secondary N) is 1. The maximum absolute atomic E-state index is 13.7. The highest BCUT2D eigenvalue weighted by atomic mass is 19.3. The van der Waals surface area contributed by atoms with Gasteiger partial charge >= 0.3 is 5.92 Å². The monoisotopic (exact) mass is 522 g/mol. The molecule has 1 saturated carbocycles. The van der Waals surface area contributed by atoms with Crippen molar-refractivity contribution in [1.82, 2.24) is 20.1 Å². The summed E-state index contributed by atoms with van der Waals surface area (Å²) in [6.45, 7) is 4.06. The third-order valence-electron chi connectivity index (χ3n) is 7.80. The fourth-order valence-corrected chi connectivity index (χ4v) is 5.28. The maximum atomic E-state index is 13.7. The van der Waals surface area contributed by atoms with Crippen LogP contribution in [0.4, 0.5) is 14.5 Å². The number of pyridine rings is 1. The molecule has 3 heterocycles. The highest BCUT2D eigenvalue weighted by Gasteiger charge is 2.46. The number of halogens is 2. The minimum atomic E-state index is -3.51. The normalized spacial score (nSPS) is 19.1. The van der Waals surface area contributed by atoms with Gasteiger partial charge in [0.1, 0.15) is 0 Å². The van der Waals surface area contributed by atoms with Crippen LogP contribution < -0.4 is 10.2 Å². The molecule has 5 rings (SSSR count). The molecule has 2 fully saturated rings. The molecule has 200 valence electrons. The van der Waals surface area contributed by atoms with Gasteiger partial charge in [-0.1, -0.05) is 6.07 Å². The van der Waals surface area contributed by atoms with Gasteiger partial charge in [0.25, 0.3) is 5.91 Å². The Balaban J connectivity index is 1.48. The van der Waals surface area contributed by atoms with E-state index < -0.39 is 29.3 Å². The molecule has 2 aromatic heterocycles. The first kappa shape index (κ1) is 26.0. The molecule has 38 heavy (non-hydrogen) atoms. The van der Waals surface area contributed by atoms with Crippen molar-refractivity contribution in [2.24, 2.45) is 0 Å². The zero-order valence-corrected chi connectivity index (χ0v) is 21.8. The van der Waals surface area contributed by atoms with Crippen LogP contribution in [0.5, 0.6) is 0 Å². The third kappa shape index (κ3) is 4.95. The van der Waals surface area contributed by atoms with Crippen molar-refractivity contribution in [3.8, 4) is 6.07 Å². The summed E-state index contributed by atoms with van der Waals surface area (Å²) in [6.07, 6.45) is 7.17. The van der Waals surface area contributed by atoms with Crippen LogP contribution in [-0.4, -0.2) is 58.9 Å². The number of piperidine rings is 1. The molecule has 1 N–H and O–H groups in total. The molecule has 0 spiro atoms. The highest BCUT2D eigenvalue weighted by Crippen LogP contribution is 2.46. The second kappa shape index (κ2) is 9.95. The Morgan fingerprint density at radius 1 is 1.24 bits per heavy atom. The van der Waals surface area contributed by atoms with Crippen LogP contribution >= 0.6 is 0 Å². The first-order valence-corrected chi connectivity index (χ1v) is 13.0. The summed E-state index contributed by atoms with van der Waals surface area (Å²) in [6, 6.07) is 10.8. The van der Waals surface area contributed by atoms with E-state index in [1.807, 2.05) is 24.3 Å². The number of hydrogen-bond donors (Lipinski definition) is 1. The van der Waals surface area contributed by atoms with Gasteiger partial charge in [0.05, 0.1) is 47.1 Å². The number of nitrogens with zero attached hydrogens (tertiary/aromatic N) is 5. The molecule has 1 saturated heterocycles. The summed E-state index contributed by atoms with van der Waals surface area (Å²) in [7, 11) is 1.75. The Hall–Kier alpha value is -3.58. The number of methoxy groups -OCH3 is 1. The van der Waals surface area contributed by atoms with E-state index in [1.54, 1.807) is 31.1 Å². The summed E-state index contributed by atoms with van der Waals surface area (Å²) in [5.41, 5.74) is 2.77. The first-order valence-electron chi connectivity index (χ1n) is 13.0. The van der Waals surface area contributed by atoms with Gasteiger partial charge in [-0.15, -0.1) is 0 Å². The third-order valence-corrected chi connectivity index (χ3v) is 7.80. The number of amides is 1. The number of ether oxygens (including phenoxy) is 1. The fraction of sp³-hybridized carbons (Fsp3) is 0.500. The first-order chi connectivity index (χ1) is 18.1.